The van der Waals surface area contributed by atoms with Gasteiger partial charge in [0.25, 0.3) is 0 Å². The van der Waals surface area contributed by atoms with Crippen molar-refractivity contribution in [1.29, 1.82) is 0 Å². The van der Waals surface area contributed by atoms with Crippen LogP contribution < -0.4 is 5.73 Å². The summed E-state index contributed by atoms with van der Waals surface area (Å²) in [5.74, 6) is -1.76. The van der Waals surface area contributed by atoms with Gasteiger partial charge in [-0.15, -0.1) is 12.4 Å². The lowest BCUT2D eigenvalue weighted by Crippen LogP contribution is -2.36. The summed E-state index contributed by atoms with van der Waals surface area (Å²) in [7, 11) is 0. The first-order chi connectivity index (χ1) is 6.52. The van der Waals surface area contributed by atoms with E-state index in [1.54, 1.807) is 0 Å². The highest BCUT2D eigenvalue weighted by molar-refractivity contribution is 5.85. The molecule has 0 spiro atoms. The summed E-state index contributed by atoms with van der Waals surface area (Å²) in [4.78, 5) is 10.4. The van der Waals surface area contributed by atoms with E-state index in [-0.39, 0.29) is 18.0 Å². The Balaban J connectivity index is 0.00000196. The molecule has 15 heavy (non-hydrogen) atoms. The largest absolute Gasteiger partial charge is 0.480 e. The fourth-order valence-electron chi connectivity index (χ4n) is 1.00. The molecule has 1 rings (SSSR count). The van der Waals surface area contributed by atoms with Crippen LogP contribution in [0.1, 0.15) is 11.7 Å². The van der Waals surface area contributed by atoms with Gasteiger partial charge in [0.2, 0.25) is 0 Å². The van der Waals surface area contributed by atoms with Crippen molar-refractivity contribution in [3.05, 3.63) is 35.6 Å². The number of hydrogen-bond acceptors (Lipinski definition) is 3. The van der Waals surface area contributed by atoms with Crippen LogP contribution in [-0.2, 0) is 4.79 Å². The number of aliphatic hydroxyl groups excluding tert-OH is 1. The summed E-state index contributed by atoms with van der Waals surface area (Å²) in [5, 5.41) is 17.9. The zero-order valence-electron chi connectivity index (χ0n) is 7.63. The molecular weight excluding hydrogens is 225 g/mol. The fraction of sp³-hybridized carbons (Fsp3) is 0.222. The zero-order valence-corrected chi connectivity index (χ0v) is 8.45. The second kappa shape index (κ2) is 5.65. The molecule has 0 radical (unpaired) electrons. The third-order valence-corrected chi connectivity index (χ3v) is 1.84. The highest BCUT2D eigenvalue weighted by Crippen LogP contribution is 2.15. The van der Waals surface area contributed by atoms with Crippen LogP contribution in [0.25, 0.3) is 0 Å². The van der Waals surface area contributed by atoms with Gasteiger partial charge in [-0.25, -0.2) is 4.39 Å². The quantitative estimate of drug-likeness (QED) is 0.720. The topological polar surface area (TPSA) is 83.6 Å². The van der Waals surface area contributed by atoms with E-state index in [0.717, 1.165) is 12.1 Å². The molecule has 0 aliphatic heterocycles. The number of carboxylic acids is 1. The van der Waals surface area contributed by atoms with Gasteiger partial charge in [0.15, 0.2) is 0 Å². The van der Waals surface area contributed by atoms with Crippen LogP contribution in [-0.4, -0.2) is 22.2 Å². The SMILES string of the molecule is Cl.N[C@@H](C(=O)O)[C@@H](O)c1ccc(F)cc1. The molecule has 0 aliphatic rings. The average molecular weight is 236 g/mol. The number of aliphatic hydroxyl groups is 1. The molecule has 0 bridgehead atoms. The van der Waals surface area contributed by atoms with E-state index < -0.39 is 23.9 Å². The number of halogens is 2. The lowest BCUT2D eigenvalue weighted by atomic mass is 10.0. The van der Waals surface area contributed by atoms with E-state index in [2.05, 4.69) is 0 Å². The van der Waals surface area contributed by atoms with E-state index in [4.69, 9.17) is 10.8 Å². The maximum atomic E-state index is 12.5. The van der Waals surface area contributed by atoms with Crippen molar-refractivity contribution in [3.63, 3.8) is 0 Å². The van der Waals surface area contributed by atoms with Gasteiger partial charge in [0.05, 0.1) is 0 Å². The molecular formula is C9H11ClFNO3. The second-order valence-corrected chi connectivity index (χ2v) is 2.86. The smallest absolute Gasteiger partial charge is 0.323 e. The van der Waals surface area contributed by atoms with E-state index >= 15 is 0 Å². The fourth-order valence-corrected chi connectivity index (χ4v) is 1.00. The van der Waals surface area contributed by atoms with Crippen molar-refractivity contribution >= 4 is 18.4 Å². The number of rotatable bonds is 3. The first kappa shape index (κ1) is 13.8. The van der Waals surface area contributed by atoms with Crippen molar-refractivity contribution in [3.8, 4) is 0 Å². The molecule has 0 fully saturated rings. The Labute approximate surface area is 91.9 Å². The van der Waals surface area contributed by atoms with Gasteiger partial charge in [0, 0.05) is 0 Å². The van der Waals surface area contributed by atoms with Gasteiger partial charge in [-0.05, 0) is 17.7 Å². The Morgan fingerprint density at radius 3 is 2.20 bits per heavy atom. The van der Waals surface area contributed by atoms with Crippen molar-refractivity contribution < 1.29 is 19.4 Å². The minimum absolute atomic E-state index is 0. The standard InChI is InChI=1S/C9H10FNO3.ClH/c10-6-3-1-5(2-4-6)8(12)7(11)9(13)14;/h1-4,7-8,12H,11H2,(H,13,14);1H/t7-,8+;/m1./s1. The van der Waals surface area contributed by atoms with E-state index in [0.29, 0.717) is 0 Å². The molecule has 0 heterocycles. The first-order valence-corrected chi connectivity index (χ1v) is 3.94. The molecule has 0 aliphatic carbocycles. The van der Waals surface area contributed by atoms with Gasteiger partial charge in [-0.2, -0.15) is 0 Å². The van der Waals surface area contributed by atoms with Crippen molar-refractivity contribution in [2.24, 2.45) is 5.73 Å². The molecule has 2 atom stereocenters. The van der Waals surface area contributed by atoms with Crippen LogP contribution >= 0.6 is 12.4 Å². The molecule has 0 saturated carbocycles. The number of nitrogens with two attached hydrogens (primary N) is 1. The number of carbonyl (C=O) groups is 1. The molecule has 0 aromatic heterocycles. The predicted molar refractivity (Wildman–Crippen MR) is 54.2 cm³/mol. The summed E-state index contributed by atoms with van der Waals surface area (Å²) in [6.45, 7) is 0. The van der Waals surface area contributed by atoms with Crippen LogP contribution in [0.5, 0.6) is 0 Å². The summed E-state index contributed by atoms with van der Waals surface area (Å²) in [6.07, 6.45) is -1.33. The van der Waals surface area contributed by atoms with Crippen LogP contribution in [0.15, 0.2) is 24.3 Å². The van der Waals surface area contributed by atoms with Gasteiger partial charge < -0.3 is 15.9 Å². The van der Waals surface area contributed by atoms with Crippen molar-refractivity contribution in [1.82, 2.24) is 0 Å². The zero-order chi connectivity index (χ0) is 10.7. The molecule has 0 unspecified atom stereocenters. The third-order valence-electron chi connectivity index (χ3n) is 1.84. The Morgan fingerprint density at radius 2 is 1.80 bits per heavy atom. The summed E-state index contributed by atoms with van der Waals surface area (Å²) >= 11 is 0. The monoisotopic (exact) mass is 235 g/mol. The van der Waals surface area contributed by atoms with Crippen molar-refractivity contribution in [2.75, 3.05) is 0 Å². The van der Waals surface area contributed by atoms with E-state index in [9.17, 15) is 14.3 Å². The lowest BCUT2D eigenvalue weighted by molar-refractivity contribution is -0.141. The van der Waals surface area contributed by atoms with Crippen LogP contribution in [0.4, 0.5) is 4.39 Å². The first-order valence-electron chi connectivity index (χ1n) is 3.94. The Kier molecular flexibility index (Phi) is 5.21. The van der Waals surface area contributed by atoms with Crippen LogP contribution in [0, 0.1) is 5.82 Å². The third kappa shape index (κ3) is 3.47. The Hall–Kier alpha value is -1.17. The summed E-state index contributed by atoms with van der Waals surface area (Å²) in [6, 6.07) is 3.45. The van der Waals surface area contributed by atoms with Gasteiger partial charge in [0.1, 0.15) is 18.0 Å². The number of hydrogen-bond donors (Lipinski definition) is 3. The van der Waals surface area contributed by atoms with Gasteiger partial charge in [-0.1, -0.05) is 12.1 Å². The number of benzene rings is 1. The minimum atomic E-state index is -1.40. The minimum Gasteiger partial charge on any atom is -0.480 e. The Morgan fingerprint density at radius 1 is 1.33 bits per heavy atom. The van der Waals surface area contributed by atoms with Crippen LogP contribution in [0.2, 0.25) is 0 Å². The molecule has 84 valence electrons. The predicted octanol–water partition coefficient (Wildman–Crippen LogP) is 0.693. The van der Waals surface area contributed by atoms with E-state index in [1.165, 1.54) is 12.1 Å². The Bertz CT molecular complexity index is 331. The molecule has 1 aromatic rings. The molecule has 0 amide bonds. The van der Waals surface area contributed by atoms with E-state index in [1.807, 2.05) is 0 Å². The maximum Gasteiger partial charge on any atom is 0.323 e. The normalized spacial score (nSPS) is 13.8. The molecule has 0 saturated heterocycles. The highest BCUT2D eigenvalue weighted by Gasteiger charge is 2.23. The van der Waals surface area contributed by atoms with Crippen LogP contribution in [0.3, 0.4) is 0 Å². The second-order valence-electron chi connectivity index (χ2n) is 2.86. The molecule has 4 nitrogen and oxygen atoms in total. The summed E-state index contributed by atoms with van der Waals surface area (Å²) in [5.41, 5.74) is 5.47. The number of aliphatic carboxylic acids is 1. The molecule has 1 aromatic carbocycles. The maximum absolute atomic E-state index is 12.5. The average Bonchev–Trinajstić information content (AvgIpc) is 2.16. The van der Waals surface area contributed by atoms with Crippen molar-refractivity contribution in [2.45, 2.75) is 12.1 Å². The lowest BCUT2D eigenvalue weighted by Gasteiger charge is -2.14. The number of carboxylic acid groups (broad SMARTS) is 1. The van der Waals surface area contributed by atoms with Gasteiger partial charge >= 0.3 is 5.97 Å². The molecule has 4 N–H and O–H groups in total. The summed E-state index contributed by atoms with van der Waals surface area (Å²) < 4.78 is 12.5. The highest BCUT2D eigenvalue weighted by atomic mass is 35.5. The van der Waals surface area contributed by atoms with Gasteiger partial charge in [-0.3, -0.25) is 4.79 Å². The molecule has 6 heteroatoms.